The van der Waals surface area contributed by atoms with E-state index in [9.17, 15) is 23.2 Å². The second-order valence-electron chi connectivity index (χ2n) is 8.26. The minimum Gasteiger partial charge on any atom is -0.438 e. The maximum absolute atomic E-state index is 15.0. The number of ether oxygens (including phenoxy) is 1. The summed E-state index contributed by atoms with van der Waals surface area (Å²) in [6.45, 7) is 0.859. The molecule has 3 aliphatic rings. The Balaban J connectivity index is 1.44. The number of alkyl halides is 2. The summed E-state index contributed by atoms with van der Waals surface area (Å²) in [5, 5.41) is 14.3. The third-order valence-electron chi connectivity index (χ3n) is 6.17. The molecule has 1 saturated carbocycles. The summed E-state index contributed by atoms with van der Waals surface area (Å²) < 4.78 is 45.3. The van der Waals surface area contributed by atoms with Gasteiger partial charge < -0.3 is 20.1 Å². The number of amides is 3. The van der Waals surface area contributed by atoms with Crippen LogP contribution < -0.4 is 15.1 Å². The van der Waals surface area contributed by atoms with E-state index in [4.69, 9.17) is 9.84 Å². The van der Waals surface area contributed by atoms with Crippen molar-refractivity contribution in [3.8, 4) is 0 Å². The van der Waals surface area contributed by atoms with Crippen molar-refractivity contribution < 1.29 is 37.4 Å². The SMILES string of the molecule is CN1CCN(c2ccc(N3CC4(CC4NC(=O)C(F)F)OC3=O)cc2F)CCN1C(=O)CO. The lowest BCUT2D eigenvalue weighted by Crippen LogP contribution is -2.46. The molecule has 180 valence electrons. The average molecular weight is 471 g/mol. The number of hydrazine groups is 1. The number of carbonyl (C=O) groups is 3. The van der Waals surface area contributed by atoms with Gasteiger partial charge in [-0.2, -0.15) is 8.78 Å². The van der Waals surface area contributed by atoms with Crippen LogP contribution in [0, 0.1) is 5.82 Å². The second kappa shape index (κ2) is 8.71. The van der Waals surface area contributed by atoms with Gasteiger partial charge in [-0.05, 0) is 18.2 Å². The van der Waals surface area contributed by atoms with Gasteiger partial charge in [0.05, 0.1) is 30.5 Å². The van der Waals surface area contributed by atoms with Crippen LogP contribution in [0.5, 0.6) is 0 Å². The van der Waals surface area contributed by atoms with E-state index in [1.54, 1.807) is 23.0 Å². The molecule has 1 aromatic rings. The predicted octanol–water partition coefficient (Wildman–Crippen LogP) is 0.162. The van der Waals surface area contributed by atoms with E-state index >= 15 is 4.39 Å². The van der Waals surface area contributed by atoms with Crippen molar-refractivity contribution in [3.63, 3.8) is 0 Å². The molecule has 0 aromatic heterocycles. The summed E-state index contributed by atoms with van der Waals surface area (Å²) >= 11 is 0. The number of nitrogens with zero attached hydrogens (tertiary/aromatic N) is 4. The molecule has 2 unspecified atom stereocenters. The van der Waals surface area contributed by atoms with Gasteiger partial charge in [0.1, 0.15) is 12.4 Å². The molecule has 0 radical (unpaired) electrons. The topological polar surface area (TPSA) is 106 Å². The normalized spacial score (nSPS) is 25.5. The predicted molar refractivity (Wildman–Crippen MR) is 109 cm³/mol. The highest BCUT2D eigenvalue weighted by molar-refractivity contribution is 5.91. The summed E-state index contributed by atoms with van der Waals surface area (Å²) in [5.74, 6) is -2.45. The zero-order chi connectivity index (χ0) is 23.9. The Bertz CT molecular complexity index is 966. The van der Waals surface area contributed by atoms with E-state index in [0.717, 1.165) is 0 Å². The number of aliphatic hydroxyl groups excluding tert-OH is 1. The standard InChI is InChI=1S/C20H24F3N5O5/c1-25-4-5-26(6-7-28(25)16(30)10-29)14-3-2-12(8-13(14)21)27-11-20(33-19(27)32)9-15(20)24-18(31)17(22)23/h2-3,8,15,17,29H,4-7,9-11H2,1H3,(H,24,31). The summed E-state index contributed by atoms with van der Waals surface area (Å²) in [7, 11) is 1.71. The fraction of sp³-hybridized carbons (Fsp3) is 0.550. The Labute approximate surface area is 187 Å². The van der Waals surface area contributed by atoms with Crippen molar-refractivity contribution >= 4 is 29.3 Å². The lowest BCUT2D eigenvalue weighted by atomic mass is 10.2. The van der Waals surface area contributed by atoms with Gasteiger partial charge in [0, 0.05) is 33.1 Å². The van der Waals surface area contributed by atoms with Crippen molar-refractivity contribution in [3.05, 3.63) is 24.0 Å². The van der Waals surface area contributed by atoms with E-state index in [-0.39, 0.29) is 25.2 Å². The highest BCUT2D eigenvalue weighted by atomic mass is 19.3. The molecule has 4 rings (SSSR count). The molecule has 2 saturated heterocycles. The number of rotatable bonds is 5. The van der Waals surface area contributed by atoms with E-state index < -0.39 is 48.4 Å². The lowest BCUT2D eigenvalue weighted by molar-refractivity contribution is -0.148. The molecular weight excluding hydrogens is 447 g/mol. The molecule has 2 heterocycles. The molecule has 2 aliphatic heterocycles. The van der Waals surface area contributed by atoms with E-state index in [1.807, 2.05) is 0 Å². The molecule has 1 aliphatic carbocycles. The zero-order valence-electron chi connectivity index (χ0n) is 17.8. The highest BCUT2D eigenvalue weighted by Gasteiger charge is 2.64. The summed E-state index contributed by atoms with van der Waals surface area (Å²) in [5.41, 5.74) is -0.552. The van der Waals surface area contributed by atoms with Crippen LogP contribution >= 0.6 is 0 Å². The molecule has 13 heteroatoms. The first-order valence-corrected chi connectivity index (χ1v) is 10.4. The quantitative estimate of drug-likeness (QED) is 0.631. The fourth-order valence-corrected chi connectivity index (χ4v) is 4.22. The second-order valence-corrected chi connectivity index (χ2v) is 8.26. The molecule has 0 bridgehead atoms. The Morgan fingerprint density at radius 1 is 1.27 bits per heavy atom. The summed E-state index contributed by atoms with van der Waals surface area (Å²) in [6, 6.07) is 3.56. The van der Waals surface area contributed by atoms with E-state index in [0.29, 0.717) is 25.3 Å². The van der Waals surface area contributed by atoms with Gasteiger partial charge >= 0.3 is 12.5 Å². The highest BCUT2D eigenvalue weighted by Crippen LogP contribution is 2.46. The monoisotopic (exact) mass is 471 g/mol. The maximum atomic E-state index is 15.0. The van der Waals surface area contributed by atoms with Crippen LogP contribution in [0.4, 0.5) is 29.3 Å². The van der Waals surface area contributed by atoms with Crippen LogP contribution in [0.25, 0.3) is 0 Å². The molecule has 2 N–H and O–H groups in total. The number of hydrogen-bond acceptors (Lipinski definition) is 7. The average Bonchev–Trinajstić information content (AvgIpc) is 3.37. The summed E-state index contributed by atoms with van der Waals surface area (Å²) in [6.07, 6.45) is -3.70. The number of anilines is 2. The van der Waals surface area contributed by atoms with Crippen molar-refractivity contribution in [1.82, 2.24) is 15.3 Å². The Hall–Kier alpha value is -3.06. The number of benzene rings is 1. The fourth-order valence-electron chi connectivity index (χ4n) is 4.22. The third-order valence-corrected chi connectivity index (χ3v) is 6.17. The van der Waals surface area contributed by atoms with Crippen LogP contribution in [-0.2, 0) is 14.3 Å². The number of likely N-dealkylation sites (N-methyl/N-ethyl adjacent to an activating group) is 1. The maximum Gasteiger partial charge on any atom is 0.415 e. The molecule has 1 spiro atoms. The molecule has 3 fully saturated rings. The summed E-state index contributed by atoms with van der Waals surface area (Å²) in [4.78, 5) is 38.4. The lowest BCUT2D eigenvalue weighted by Gasteiger charge is -2.28. The van der Waals surface area contributed by atoms with Crippen LogP contribution in [-0.4, -0.2) is 97.5 Å². The van der Waals surface area contributed by atoms with Gasteiger partial charge in [0.15, 0.2) is 5.60 Å². The Morgan fingerprint density at radius 3 is 2.67 bits per heavy atom. The minimum atomic E-state index is -3.16. The molecule has 3 amide bonds. The van der Waals surface area contributed by atoms with Crippen molar-refractivity contribution in [1.29, 1.82) is 0 Å². The number of hydrogen-bond donors (Lipinski definition) is 2. The van der Waals surface area contributed by atoms with Crippen LogP contribution in [0.2, 0.25) is 0 Å². The van der Waals surface area contributed by atoms with Crippen LogP contribution in [0.15, 0.2) is 18.2 Å². The van der Waals surface area contributed by atoms with Crippen molar-refractivity contribution in [2.45, 2.75) is 24.5 Å². The van der Waals surface area contributed by atoms with Crippen LogP contribution in [0.1, 0.15) is 6.42 Å². The van der Waals surface area contributed by atoms with Gasteiger partial charge in [-0.15, -0.1) is 0 Å². The first kappa shape index (κ1) is 23.1. The number of nitrogens with one attached hydrogen (secondary N) is 1. The van der Waals surface area contributed by atoms with Gasteiger partial charge in [-0.1, -0.05) is 0 Å². The number of halogens is 3. The largest absolute Gasteiger partial charge is 0.438 e. The molecule has 10 nitrogen and oxygen atoms in total. The van der Waals surface area contributed by atoms with Gasteiger partial charge in [0.2, 0.25) is 0 Å². The van der Waals surface area contributed by atoms with Crippen molar-refractivity contribution in [2.24, 2.45) is 0 Å². The van der Waals surface area contributed by atoms with E-state index in [2.05, 4.69) is 5.32 Å². The Kier molecular flexibility index (Phi) is 6.10. The van der Waals surface area contributed by atoms with Gasteiger partial charge in [-0.3, -0.25) is 19.5 Å². The van der Waals surface area contributed by atoms with Gasteiger partial charge in [-0.25, -0.2) is 14.2 Å². The van der Waals surface area contributed by atoms with Crippen LogP contribution in [0.3, 0.4) is 0 Å². The smallest absolute Gasteiger partial charge is 0.415 e. The molecular formula is C20H24F3N5O5. The van der Waals surface area contributed by atoms with Crippen molar-refractivity contribution in [2.75, 3.05) is 56.2 Å². The van der Waals surface area contributed by atoms with Gasteiger partial charge in [0.25, 0.3) is 11.8 Å². The van der Waals surface area contributed by atoms with E-state index in [1.165, 1.54) is 22.0 Å². The number of aliphatic hydroxyl groups is 1. The Morgan fingerprint density at radius 2 is 2.00 bits per heavy atom. The minimum absolute atomic E-state index is 0.00550. The molecule has 2 atom stereocenters. The first-order valence-electron chi connectivity index (χ1n) is 10.4. The first-order chi connectivity index (χ1) is 15.6. The third kappa shape index (κ3) is 4.42. The number of carbonyl (C=O) groups excluding carboxylic acids is 3. The molecule has 33 heavy (non-hydrogen) atoms. The zero-order valence-corrected chi connectivity index (χ0v) is 17.8. The molecule has 1 aromatic carbocycles.